The highest BCUT2D eigenvalue weighted by Gasteiger charge is 2.35. The number of amides is 2. The van der Waals surface area contributed by atoms with Crippen LogP contribution in [-0.2, 0) is 16.1 Å². The molecule has 2 atom stereocenters. The van der Waals surface area contributed by atoms with Crippen molar-refractivity contribution in [1.82, 2.24) is 24.6 Å². The van der Waals surface area contributed by atoms with E-state index in [0.717, 1.165) is 60.8 Å². The Morgan fingerprint density at radius 2 is 1.97 bits per heavy atom. The second kappa shape index (κ2) is 9.89. The topological polar surface area (TPSA) is 109 Å². The van der Waals surface area contributed by atoms with Crippen molar-refractivity contribution >= 4 is 34.2 Å². The fourth-order valence-corrected chi connectivity index (χ4v) is 5.04. The molecule has 0 unspecified atom stereocenters. The minimum absolute atomic E-state index is 0.152. The fraction of sp³-hybridized carbons (Fsp3) is 0.481. The van der Waals surface area contributed by atoms with Crippen LogP contribution in [0, 0.1) is 5.92 Å². The van der Waals surface area contributed by atoms with Crippen molar-refractivity contribution in [3.05, 3.63) is 47.8 Å². The molecule has 1 saturated heterocycles. The SMILES string of the molecule is C[C@@H]1CC[C@@H](c2ccc3nn(CCN(C)C)cc3c2)N(C(=O)C(=O)Nc2cnc(N)c(C3CC3)c2)C1. The van der Waals surface area contributed by atoms with E-state index in [0.29, 0.717) is 29.9 Å². The molecule has 0 bridgehead atoms. The van der Waals surface area contributed by atoms with Gasteiger partial charge in [-0.1, -0.05) is 13.0 Å². The predicted molar refractivity (Wildman–Crippen MR) is 140 cm³/mol. The van der Waals surface area contributed by atoms with Gasteiger partial charge in [0.05, 0.1) is 30.0 Å². The number of hydrogen-bond donors (Lipinski definition) is 2. The molecular weight excluding hydrogens is 454 g/mol. The average Bonchev–Trinajstić information content (AvgIpc) is 3.61. The van der Waals surface area contributed by atoms with Gasteiger partial charge >= 0.3 is 11.8 Å². The summed E-state index contributed by atoms with van der Waals surface area (Å²) in [6, 6.07) is 7.86. The van der Waals surface area contributed by atoms with Crippen molar-refractivity contribution in [2.45, 2.75) is 51.1 Å². The molecule has 9 heteroatoms. The lowest BCUT2D eigenvalue weighted by Gasteiger charge is -2.38. The van der Waals surface area contributed by atoms with Crippen molar-refractivity contribution in [1.29, 1.82) is 0 Å². The van der Waals surface area contributed by atoms with Gasteiger partial charge in [0.25, 0.3) is 0 Å². The summed E-state index contributed by atoms with van der Waals surface area (Å²) in [5.41, 5.74) is 9.42. The molecule has 3 heterocycles. The standard InChI is InChI=1S/C27H35N7O2/c1-17-4-9-24(19-7-8-23-20(12-19)16-33(31-23)11-10-32(2)3)34(15-17)27(36)26(35)30-21-13-22(18-5-6-18)25(28)29-14-21/h7-8,12-14,16-18,24H,4-6,9-11,15H2,1-3H3,(H2,28,29)(H,30,35)/t17-,24+/m1/s1. The molecule has 3 aromatic rings. The smallest absolute Gasteiger partial charge is 0.313 e. The maximum absolute atomic E-state index is 13.4. The summed E-state index contributed by atoms with van der Waals surface area (Å²) < 4.78 is 1.96. The quantitative estimate of drug-likeness (QED) is 0.514. The number of piperidine rings is 1. The van der Waals surface area contributed by atoms with Crippen LogP contribution in [0.15, 0.2) is 36.7 Å². The summed E-state index contributed by atoms with van der Waals surface area (Å²) in [7, 11) is 4.09. The van der Waals surface area contributed by atoms with E-state index in [-0.39, 0.29) is 6.04 Å². The van der Waals surface area contributed by atoms with Crippen LogP contribution in [0.5, 0.6) is 0 Å². The predicted octanol–water partition coefficient (Wildman–Crippen LogP) is 3.39. The third-order valence-electron chi connectivity index (χ3n) is 7.23. The fourth-order valence-electron chi connectivity index (χ4n) is 5.04. The minimum atomic E-state index is -0.639. The van der Waals surface area contributed by atoms with Crippen molar-refractivity contribution in [2.75, 3.05) is 38.2 Å². The highest BCUT2D eigenvalue weighted by molar-refractivity contribution is 6.39. The normalized spacial score (nSPS) is 20.2. The monoisotopic (exact) mass is 489 g/mol. The molecule has 3 N–H and O–H groups in total. The van der Waals surface area contributed by atoms with E-state index in [1.54, 1.807) is 4.90 Å². The van der Waals surface area contributed by atoms with E-state index in [1.165, 1.54) is 6.20 Å². The molecule has 0 spiro atoms. The van der Waals surface area contributed by atoms with Gasteiger partial charge < -0.3 is 20.9 Å². The Balaban J connectivity index is 1.34. The van der Waals surface area contributed by atoms with Gasteiger partial charge in [-0.15, -0.1) is 0 Å². The molecule has 1 aromatic carbocycles. The zero-order valence-corrected chi connectivity index (χ0v) is 21.3. The average molecular weight is 490 g/mol. The first-order valence-corrected chi connectivity index (χ1v) is 12.8. The number of carbonyl (C=O) groups is 2. The molecule has 1 aliphatic carbocycles. The molecule has 2 aromatic heterocycles. The lowest BCUT2D eigenvalue weighted by molar-refractivity contribution is -0.146. The maximum atomic E-state index is 13.4. The van der Waals surface area contributed by atoms with E-state index in [1.807, 2.05) is 37.0 Å². The van der Waals surface area contributed by atoms with Gasteiger partial charge in [0.1, 0.15) is 5.82 Å². The molecule has 5 rings (SSSR count). The first-order chi connectivity index (χ1) is 17.3. The number of pyridine rings is 1. The van der Waals surface area contributed by atoms with E-state index >= 15 is 0 Å². The van der Waals surface area contributed by atoms with E-state index in [4.69, 9.17) is 5.73 Å². The molecule has 2 fully saturated rings. The number of carbonyl (C=O) groups excluding carboxylic acids is 2. The zero-order valence-electron chi connectivity index (χ0n) is 21.3. The lowest BCUT2D eigenvalue weighted by Crippen LogP contribution is -2.46. The Morgan fingerprint density at radius 1 is 1.17 bits per heavy atom. The van der Waals surface area contributed by atoms with Crippen LogP contribution < -0.4 is 11.1 Å². The van der Waals surface area contributed by atoms with E-state index in [9.17, 15) is 9.59 Å². The molecule has 0 radical (unpaired) electrons. The number of nitrogens with two attached hydrogens (primary N) is 1. The van der Waals surface area contributed by atoms with Gasteiger partial charge in [-0.3, -0.25) is 14.3 Å². The van der Waals surface area contributed by atoms with Gasteiger partial charge in [-0.05, 0) is 80.9 Å². The van der Waals surface area contributed by atoms with E-state index < -0.39 is 11.8 Å². The Morgan fingerprint density at radius 3 is 2.72 bits per heavy atom. The highest BCUT2D eigenvalue weighted by atomic mass is 16.2. The number of nitrogens with one attached hydrogen (secondary N) is 1. The number of nitrogen functional groups attached to an aromatic ring is 1. The Bertz CT molecular complexity index is 1280. The molecular formula is C27H35N7O2. The molecule has 1 saturated carbocycles. The number of anilines is 2. The first-order valence-electron chi connectivity index (χ1n) is 12.8. The first kappa shape index (κ1) is 24.2. The number of benzene rings is 1. The van der Waals surface area contributed by atoms with Gasteiger partial charge in [-0.2, -0.15) is 5.10 Å². The minimum Gasteiger partial charge on any atom is -0.383 e. The van der Waals surface area contributed by atoms with Gasteiger partial charge in [0.15, 0.2) is 0 Å². The van der Waals surface area contributed by atoms with E-state index in [2.05, 4.69) is 39.5 Å². The highest BCUT2D eigenvalue weighted by Crippen LogP contribution is 2.43. The van der Waals surface area contributed by atoms with Crippen molar-refractivity contribution in [3.63, 3.8) is 0 Å². The number of aromatic nitrogens is 3. The second-order valence-electron chi connectivity index (χ2n) is 10.6. The third kappa shape index (κ3) is 5.21. The van der Waals surface area contributed by atoms with Crippen molar-refractivity contribution < 1.29 is 9.59 Å². The van der Waals surface area contributed by atoms with Crippen LogP contribution in [0.25, 0.3) is 10.9 Å². The molecule has 36 heavy (non-hydrogen) atoms. The largest absolute Gasteiger partial charge is 0.383 e. The molecule has 1 aliphatic heterocycles. The Kier molecular flexibility index (Phi) is 6.66. The third-order valence-corrected chi connectivity index (χ3v) is 7.23. The Labute approximate surface area is 211 Å². The van der Waals surface area contributed by atoms with Crippen LogP contribution in [0.3, 0.4) is 0 Å². The number of rotatable bonds is 6. The second-order valence-corrected chi connectivity index (χ2v) is 10.6. The number of likely N-dealkylation sites (N-methyl/N-ethyl adjacent to an activating group) is 1. The number of fused-ring (bicyclic) bond motifs is 1. The van der Waals surface area contributed by atoms with Gasteiger partial charge in [0.2, 0.25) is 0 Å². The van der Waals surface area contributed by atoms with Crippen LogP contribution >= 0.6 is 0 Å². The maximum Gasteiger partial charge on any atom is 0.313 e. The number of nitrogens with zero attached hydrogens (tertiary/aromatic N) is 5. The van der Waals surface area contributed by atoms with Gasteiger partial charge in [0, 0.05) is 24.7 Å². The summed E-state index contributed by atoms with van der Waals surface area (Å²) in [4.78, 5) is 34.5. The molecule has 2 aliphatic rings. The molecule has 9 nitrogen and oxygen atoms in total. The zero-order chi connectivity index (χ0) is 25.4. The lowest BCUT2D eigenvalue weighted by atomic mass is 9.89. The summed E-state index contributed by atoms with van der Waals surface area (Å²) in [5.74, 6) is 0.0694. The van der Waals surface area contributed by atoms with Crippen molar-refractivity contribution in [3.8, 4) is 0 Å². The van der Waals surface area contributed by atoms with Crippen LogP contribution in [0.2, 0.25) is 0 Å². The van der Waals surface area contributed by atoms with Crippen molar-refractivity contribution in [2.24, 2.45) is 5.92 Å². The summed E-state index contributed by atoms with van der Waals surface area (Å²) in [6.45, 7) is 4.39. The van der Waals surface area contributed by atoms with Crippen LogP contribution in [-0.4, -0.2) is 63.6 Å². The number of likely N-dealkylation sites (tertiary alicyclic amines) is 1. The summed E-state index contributed by atoms with van der Waals surface area (Å²) in [5, 5.41) is 8.48. The van der Waals surface area contributed by atoms with Crippen LogP contribution in [0.4, 0.5) is 11.5 Å². The summed E-state index contributed by atoms with van der Waals surface area (Å²) in [6.07, 6.45) is 7.55. The number of hydrogen-bond acceptors (Lipinski definition) is 6. The summed E-state index contributed by atoms with van der Waals surface area (Å²) >= 11 is 0. The molecule has 2 amide bonds. The van der Waals surface area contributed by atoms with Crippen LogP contribution in [0.1, 0.15) is 55.7 Å². The Hall–Kier alpha value is -3.46. The van der Waals surface area contributed by atoms with Gasteiger partial charge in [-0.25, -0.2) is 4.98 Å². The molecule has 190 valence electrons.